The minimum absolute atomic E-state index is 0.0435. The number of hydrogen-bond acceptors (Lipinski definition) is 4. The van der Waals surface area contributed by atoms with Crippen LogP contribution in [0.3, 0.4) is 0 Å². The number of carbonyl (C=O) groups excluding carboxylic acids is 1. The lowest BCUT2D eigenvalue weighted by Crippen LogP contribution is -2.46. The van der Waals surface area contributed by atoms with Gasteiger partial charge >= 0.3 is 0 Å². The molecule has 5 nitrogen and oxygen atoms in total. The summed E-state index contributed by atoms with van der Waals surface area (Å²) in [7, 11) is 0. The van der Waals surface area contributed by atoms with Crippen LogP contribution in [-0.4, -0.2) is 46.1 Å². The minimum atomic E-state index is -0.745. The van der Waals surface area contributed by atoms with E-state index in [1.54, 1.807) is 0 Å². The summed E-state index contributed by atoms with van der Waals surface area (Å²) >= 11 is 0. The average Bonchev–Trinajstić information content (AvgIpc) is 3.23. The largest absolute Gasteiger partial charge is 0.394 e. The molecule has 0 spiro atoms. The molecule has 0 aliphatic heterocycles. The van der Waals surface area contributed by atoms with Gasteiger partial charge in [-0.15, -0.1) is 0 Å². The monoisotopic (exact) mass is 836 g/mol. The van der Waals surface area contributed by atoms with Crippen LogP contribution in [0.1, 0.15) is 316 Å². The highest BCUT2D eigenvalue weighted by Crippen LogP contribution is 2.18. The summed E-state index contributed by atoms with van der Waals surface area (Å²) in [6, 6.07) is -0.654. The molecule has 4 N–H and O–H groups in total. The van der Waals surface area contributed by atoms with Crippen molar-refractivity contribution >= 4 is 5.91 Å². The van der Waals surface area contributed by atoms with Crippen molar-refractivity contribution in [3.63, 3.8) is 0 Å². The molecule has 1 amide bonds. The SMILES string of the molecule is CCCCCCCCCCCCCCCCCCCCCCCCCC(O)CC(=O)NC(CO)C(O)CCCCCCCCCCCCCCCCCCCCCCC. The minimum Gasteiger partial charge on any atom is -0.394 e. The van der Waals surface area contributed by atoms with Gasteiger partial charge < -0.3 is 20.6 Å². The van der Waals surface area contributed by atoms with Gasteiger partial charge in [-0.25, -0.2) is 0 Å². The Kier molecular flexibility index (Phi) is 49.4. The Bertz CT molecular complexity index is 792. The Morgan fingerprint density at radius 1 is 0.356 bits per heavy atom. The number of aliphatic hydroxyl groups excluding tert-OH is 3. The van der Waals surface area contributed by atoms with Crippen molar-refractivity contribution in [2.24, 2.45) is 0 Å². The van der Waals surface area contributed by atoms with Gasteiger partial charge in [0.15, 0.2) is 0 Å². The molecule has 0 bridgehead atoms. The van der Waals surface area contributed by atoms with Crippen molar-refractivity contribution in [2.75, 3.05) is 6.61 Å². The van der Waals surface area contributed by atoms with Crippen molar-refractivity contribution in [1.82, 2.24) is 5.32 Å². The van der Waals surface area contributed by atoms with Crippen LogP contribution >= 0.6 is 0 Å². The van der Waals surface area contributed by atoms with Gasteiger partial charge in [0, 0.05) is 0 Å². The summed E-state index contributed by atoms with van der Waals surface area (Å²) in [5.41, 5.74) is 0. The zero-order valence-corrected chi connectivity index (χ0v) is 40.4. The number of hydrogen-bond donors (Lipinski definition) is 4. The van der Waals surface area contributed by atoms with Crippen LogP contribution in [0.4, 0.5) is 0 Å². The van der Waals surface area contributed by atoms with Crippen molar-refractivity contribution in [2.45, 2.75) is 334 Å². The van der Waals surface area contributed by atoms with Crippen molar-refractivity contribution in [3.05, 3.63) is 0 Å². The molecular formula is C54H109NO4. The van der Waals surface area contributed by atoms with Crippen LogP contribution in [0, 0.1) is 0 Å². The van der Waals surface area contributed by atoms with Crippen LogP contribution in [0.15, 0.2) is 0 Å². The van der Waals surface area contributed by atoms with Crippen LogP contribution in [0.25, 0.3) is 0 Å². The van der Waals surface area contributed by atoms with E-state index in [0.29, 0.717) is 12.8 Å². The molecule has 0 radical (unpaired) electrons. The Balaban J connectivity index is 3.50. The Hall–Kier alpha value is -0.650. The van der Waals surface area contributed by atoms with Gasteiger partial charge in [0.05, 0.1) is 31.3 Å². The first-order chi connectivity index (χ1) is 29.0. The lowest BCUT2D eigenvalue weighted by Gasteiger charge is -2.23. The first kappa shape index (κ1) is 58.4. The highest BCUT2D eigenvalue weighted by atomic mass is 16.3. The summed E-state index contributed by atoms with van der Waals surface area (Å²) < 4.78 is 0. The van der Waals surface area contributed by atoms with Crippen molar-refractivity contribution < 1.29 is 20.1 Å². The van der Waals surface area contributed by atoms with E-state index < -0.39 is 18.2 Å². The van der Waals surface area contributed by atoms with E-state index in [0.717, 1.165) is 25.7 Å². The standard InChI is InChI=1S/C54H109NO4/c1-3-5-7-9-11-13-15-17-19-21-23-25-26-28-29-31-33-35-37-39-41-43-45-47-51(57)49-54(59)55-52(50-56)53(58)48-46-44-42-40-38-36-34-32-30-27-24-22-20-18-16-14-12-10-8-6-4-2/h51-53,56-58H,3-50H2,1-2H3,(H,55,59). The first-order valence-corrected chi connectivity index (χ1v) is 27.3. The third-order valence-corrected chi connectivity index (χ3v) is 13.2. The molecule has 5 heteroatoms. The van der Waals surface area contributed by atoms with Crippen LogP contribution in [0.2, 0.25) is 0 Å². The third kappa shape index (κ3) is 46.7. The van der Waals surface area contributed by atoms with E-state index >= 15 is 0 Å². The fourth-order valence-corrected chi connectivity index (χ4v) is 9.00. The number of aliphatic hydroxyl groups is 3. The summed E-state index contributed by atoms with van der Waals surface area (Å²) in [6.07, 6.45) is 59.6. The molecule has 0 aliphatic carbocycles. The molecular weight excluding hydrogens is 727 g/mol. The number of carbonyl (C=O) groups is 1. The summed E-state index contributed by atoms with van der Waals surface area (Å²) in [5, 5.41) is 33.6. The lowest BCUT2D eigenvalue weighted by atomic mass is 10.0. The second-order valence-corrected chi connectivity index (χ2v) is 19.2. The van der Waals surface area contributed by atoms with Gasteiger partial charge in [-0.05, 0) is 12.8 Å². The molecule has 3 unspecified atom stereocenters. The molecule has 0 saturated heterocycles. The molecule has 0 fully saturated rings. The summed E-state index contributed by atoms with van der Waals surface area (Å²) in [6.45, 7) is 4.31. The van der Waals surface area contributed by atoms with Crippen molar-refractivity contribution in [1.29, 1.82) is 0 Å². The van der Waals surface area contributed by atoms with Crippen molar-refractivity contribution in [3.8, 4) is 0 Å². The Morgan fingerprint density at radius 3 is 0.814 bits per heavy atom. The van der Waals surface area contributed by atoms with E-state index in [1.807, 2.05) is 0 Å². The molecule has 59 heavy (non-hydrogen) atoms. The quantitative estimate of drug-likeness (QED) is 0.0460. The molecule has 0 saturated carbocycles. The predicted molar refractivity (Wildman–Crippen MR) is 259 cm³/mol. The zero-order chi connectivity index (χ0) is 43.0. The average molecular weight is 836 g/mol. The molecule has 3 atom stereocenters. The fourth-order valence-electron chi connectivity index (χ4n) is 9.00. The van der Waals surface area contributed by atoms with Gasteiger partial charge in [-0.1, -0.05) is 296 Å². The van der Waals surface area contributed by atoms with E-state index in [-0.39, 0.29) is 18.9 Å². The summed E-state index contributed by atoms with van der Waals surface area (Å²) in [4.78, 5) is 12.5. The lowest BCUT2D eigenvalue weighted by molar-refractivity contribution is -0.125. The van der Waals surface area contributed by atoms with Crippen LogP contribution in [0.5, 0.6) is 0 Å². The smallest absolute Gasteiger partial charge is 0.222 e. The van der Waals surface area contributed by atoms with Gasteiger partial charge in [0.1, 0.15) is 0 Å². The Morgan fingerprint density at radius 2 is 0.576 bits per heavy atom. The molecule has 0 aromatic rings. The predicted octanol–water partition coefficient (Wildman–Crippen LogP) is 16.6. The topological polar surface area (TPSA) is 89.8 Å². The van der Waals surface area contributed by atoms with E-state index in [1.165, 1.54) is 257 Å². The second-order valence-electron chi connectivity index (χ2n) is 19.2. The number of amides is 1. The highest BCUT2D eigenvalue weighted by molar-refractivity contribution is 5.76. The normalized spacial score (nSPS) is 13.2. The van der Waals surface area contributed by atoms with E-state index in [4.69, 9.17) is 0 Å². The fraction of sp³-hybridized carbons (Fsp3) is 0.981. The zero-order valence-electron chi connectivity index (χ0n) is 40.4. The van der Waals surface area contributed by atoms with E-state index in [9.17, 15) is 20.1 Å². The van der Waals surface area contributed by atoms with Gasteiger partial charge in [0.2, 0.25) is 5.91 Å². The van der Waals surface area contributed by atoms with Gasteiger partial charge in [-0.2, -0.15) is 0 Å². The Labute approximate surface area is 370 Å². The molecule has 0 rings (SSSR count). The maximum absolute atomic E-state index is 12.5. The number of rotatable bonds is 51. The molecule has 0 aromatic heterocycles. The number of nitrogens with one attached hydrogen (secondary N) is 1. The van der Waals surface area contributed by atoms with E-state index in [2.05, 4.69) is 19.2 Å². The second kappa shape index (κ2) is 50.0. The molecule has 0 aliphatic rings. The number of unbranched alkanes of at least 4 members (excludes halogenated alkanes) is 42. The van der Waals surface area contributed by atoms with Gasteiger partial charge in [0.25, 0.3) is 0 Å². The third-order valence-electron chi connectivity index (χ3n) is 13.2. The summed E-state index contributed by atoms with van der Waals surface area (Å²) in [5.74, 6) is -0.275. The highest BCUT2D eigenvalue weighted by Gasteiger charge is 2.21. The maximum atomic E-state index is 12.5. The maximum Gasteiger partial charge on any atom is 0.222 e. The van der Waals surface area contributed by atoms with Crippen LogP contribution in [-0.2, 0) is 4.79 Å². The molecule has 0 heterocycles. The first-order valence-electron chi connectivity index (χ1n) is 27.3. The molecule has 0 aromatic carbocycles. The molecule has 354 valence electrons. The van der Waals surface area contributed by atoms with Gasteiger partial charge in [-0.3, -0.25) is 4.79 Å². The van der Waals surface area contributed by atoms with Crippen LogP contribution < -0.4 is 5.32 Å².